The zero-order valence-corrected chi connectivity index (χ0v) is 16.8. The zero-order valence-electron chi connectivity index (χ0n) is 16.8. The number of benzene rings is 3. The molecule has 32 heavy (non-hydrogen) atoms. The van der Waals surface area contributed by atoms with Gasteiger partial charge in [0.25, 0.3) is 5.69 Å². The maximum atomic E-state index is 12.4. The summed E-state index contributed by atoms with van der Waals surface area (Å²) in [4.78, 5) is 39.2. The molecule has 0 saturated carbocycles. The monoisotopic (exact) mass is 428 g/mol. The van der Waals surface area contributed by atoms with Crippen LogP contribution in [0.4, 0.5) is 5.69 Å². The molecule has 0 spiro atoms. The molecule has 0 N–H and O–H groups in total. The van der Waals surface area contributed by atoms with Gasteiger partial charge in [-0.25, -0.2) is 14.6 Å². The first kappa shape index (κ1) is 20.7. The molecule has 0 bridgehead atoms. The Balaban J connectivity index is 1.55. The van der Waals surface area contributed by atoms with E-state index in [4.69, 9.17) is 9.47 Å². The van der Waals surface area contributed by atoms with Crippen molar-refractivity contribution >= 4 is 29.6 Å². The van der Waals surface area contributed by atoms with Crippen LogP contribution in [-0.2, 0) is 9.53 Å². The SMILES string of the molecule is Cc1cccc(C2=N/C(=C\c3cccc(OC(=O)c4cccc([N+](=O)[O-])c4)c3)C(=O)O2)c1. The van der Waals surface area contributed by atoms with Gasteiger partial charge in [-0.2, -0.15) is 0 Å². The van der Waals surface area contributed by atoms with Gasteiger partial charge in [-0.1, -0.05) is 35.9 Å². The highest BCUT2D eigenvalue weighted by Crippen LogP contribution is 2.23. The summed E-state index contributed by atoms with van der Waals surface area (Å²) in [5.74, 6) is -0.887. The third kappa shape index (κ3) is 4.59. The summed E-state index contributed by atoms with van der Waals surface area (Å²) in [6, 6.07) is 19.2. The normalized spacial score (nSPS) is 14.1. The second-order valence-electron chi connectivity index (χ2n) is 6.97. The van der Waals surface area contributed by atoms with Crippen molar-refractivity contribution in [3.63, 3.8) is 0 Å². The number of ether oxygens (including phenoxy) is 2. The minimum atomic E-state index is -0.737. The van der Waals surface area contributed by atoms with Crippen LogP contribution < -0.4 is 4.74 Å². The number of nitro groups is 1. The summed E-state index contributed by atoms with van der Waals surface area (Å²) in [7, 11) is 0. The van der Waals surface area contributed by atoms with Crippen LogP contribution in [0.1, 0.15) is 27.0 Å². The molecule has 0 saturated heterocycles. The van der Waals surface area contributed by atoms with Gasteiger partial charge in [0.2, 0.25) is 5.90 Å². The van der Waals surface area contributed by atoms with Gasteiger partial charge >= 0.3 is 11.9 Å². The lowest BCUT2D eigenvalue weighted by Crippen LogP contribution is -2.08. The lowest BCUT2D eigenvalue weighted by atomic mass is 10.1. The molecule has 3 aromatic rings. The highest BCUT2D eigenvalue weighted by Gasteiger charge is 2.24. The molecule has 0 radical (unpaired) electrons. The fourth-order valence-corrected chi connectivity index (χ4v) is 3.05. The third-order valence-corrected chi connectivity index (χ3v) is 4.55. The van der Waals surface area contributed by atoms with Crippen molar-refractivity contribution in [3.8, 4) is 5.75 Å². The molecule has 158 valence electrons. The van der Waals surface area contributed by atoms with Gasteiger partial charge in [0.1, 0.15) is 5.75 Å². The largest absolute Gasteiger partial charge is 0.423 e. The van der Waals surface area contributed by atoms with E-state index in [0.717, 1.165) is 11.6 Å². The summed E-state index contributed by atoms with van der Waals surface area (Å²) in [5.41, 5.74) is 2.23. The highest BCUT2D eigenvalue weighted by molar-refractivity contribution is 6.12. The maximum absolute atomic E-state index is 12.4. The van der Waals surface area contributed by atoms with Crippen LogP contribution >= 0.6 is 0 Å². The number of aliphatic imine (C=N–C) groups is 1. The second-order valence-corrected chi connectivity index (χ2v) is 6.97. The fraction of sp³-hybridized carbons (Fsp3) is 0.0417. The van der Waals surface area contributed by atoms with Gasteiger partial charge in [0.15, 0.2) is 5.70 Å². The lowest BCUT2D eigenvalue weighted by molar-refractivity contribution is -0.384. The third-order valence-electron chi connectivity index (χ3n) is 4.55. The molecule has 8 nitrogen and oxygen atoms in total. The number of aryl methyl sites for hydroxylation is 1. The number of nitrogens with zero attached hydrogens (tertiary/aromatic N) is 2. The molecule has 8 heteroatoms. The van der Waals surface area contributed by atoms with Crippen molar-refractivity contribution in [3.05, 3.63) is 111 Å². The lowest BCUT2D eigenvalue weighted by Gasteiger charge is -2.05. The Kier molecular flexibility index (Phi) is 5.59. The minimum Gasteiger partial charge on any atom is -0.423 e. The molecule has 4 rings (SSSR count). The van der Waals surface area contributed by atoms with Crippen LogP contribution in [0.25, 0.3) is 6.08 Å². The number of hydrogen-bond acceptors (Lipinski definition) is 7. The predicted molar refractivity (Wildman–Crippen MR) is 116 cm³/mol. The Bertz CT molecular complexity index is 1310. The molecule has 0 amide bonds. The molecule has 0 aliphatic carbocycles. The van der Waals surface area contributed by atoms with Gasteiger partial charge in [-0.15, -0.1) is 0 Å². The molecular weight excluding hydrogens is 412 g/mol. The van der Waals surface area contributed by atoms with Crippen LogP contribution in [0.15, 0.2) is 83.5 Å². The van der Waals surface area contributed by atoms with Crippen molar-refractivity contribution in [1.82, 2.24) is 0 Å². The average Bonchev–Trinajstić information content (AvgIpc) is 3.14. The summed E-state index contributed by atoms with van der Waals surface area (Å²) in [5, 5.41) is 10.9. The number of nitro benzene ring substituents is 1. The van der Waals surface area contributed by atoms with Crippen LogP contribution in [0.3, 0.4) is 0 Å². The molecule has 0 fully saturated rings. The number of hydrogen-bond donors (Lipinski definition) is 0. The molecular formula is C24H16N2O6. The quantitative estimate of drug-likeness (QED) is 0.195. The van der Waals surface area contributed by atoms with E-state index < -0.39 is 16.9 Å². The predicted octanol–water partition coefficient (Wildman–Crippen LogP) is 4.47. The summed E-state index contributed by atoms with van der Waals surface area (Å²) in [6.07, 6.45) is 1.52. The standard InChI is InChI=1S/C24H16N2O6/c1-15-5-2-7-17(11-15)22-25-21(24(28)32-22)13-16-6-3-10-20(12-16)31-23(27)18-8-4-9-19(14-18)26(29)30/h2-14H,1H3/b21-13-. The Morgan fingerprint density at radius 2 is 1.84 bits per heavy atom. The van der Waals surface area contributed by atoms with E-state index in [1.807, 2.05) is 25.1 Å². The van der Waals surface area contributed by atoms with Crippen LogP contribution in [-0.4, -0.2) is 22.8 Å². The number of cyclic esters (lactones) is 1. The Hall–Kier alpha value is -4.59. The number of non-ortho nitro benzene ring substituents is 1. The van der Waals surface area contributed by atoms with E-state index in [1.54, 1.807) is 30.3 Å². The van der Waals surface area contributed by atoms with Crippen molar-refractivity contribution in [2.75, 3.05) is 0 Å². The van der Waals surface area contributed by atoms with Crippen molar-refractivity contribution in [2.24, 2.45) is 4.99 Å². The maximum Gasteiger partial charge on any atom is 0.363 e. The van der Waals surface area contributed by atoms with E-state index in [-0.39, 0.29) is 28.6 Å². The average molecular weight is 428 g/mol. The van der Waals surface area contributed by atoms with E-state index in [9.17, 15) is 19.7 Å². The first-order chi connectivity index (χ1) is 15.4. The summed E-state index contributed by atoms with van der Waals surface area (Å²) in [6.45, 7) is 1.93. The number of carbonyl (C=O) groups is 2. The highest BCUT2D eigenvalue weighted by atomic mass is 16.6. The van der Waals surface area contributed by atoms with Crippen LogP contribution in [0, 0.1) is 17.0 Å². The number of esters is 2. The van der Waals surface area contributed by atoms with E-state index in [0.29, 0.717) is 11.1 Å². The Morgan fingerprint density at radius 3 is 2.62 bits per heavy atom. The molecule has 3 aromatic carbocycles. The Morgan fingerprint density at radius 1 is 1.06 bits per heavy atom. The Labute approximate surface area is 182 Å². The number of carbonyl (C=O) groups excluding carboxylic acids is 2. The van der Waals surface area contributed by atoms with Crippen LogP contribution in [0.2, 0.25) is 0 Å². The van der Waals surface area contributed by atoms with Gasteiger partial charge < -0.3 is 9.47 Å². The first-order valence-electron chi connectivity index (χ1n) is 9.55. The van der Waals surface area contributed by atoms with Gasteiger partial charge in [-0.3, -0.25) is 10.1 Å². The molecule has 0 unspecified atom stereocenters. The van der Waals surface area contributed by atoms with Gasteiger partial charge in [0.05, 0.1) is 10.5 Å². The zero-order chi connectivity index (χ0) is 22.7. The van der Waals surface area contributed by atoms with Crippen molar-refractivity contribution in [1.29, 1.82) is 0 Å². The van der Waals surface area contributed by atoms with E-state index >= 15 is 0 Å². The van der Waals surface area contributed by atoms with Gasteiger partial charge in [0, 0.05) is 17.7 Å². The fourth-order valence-electron chi connectivity index (χ4n) is 3.05. The molecule has 1 aliphatic heterocycles. The first-order valence-corrected chi connectivity index (χ1v) is 9.55. The van der Waals surface area contributed by atoms with Crippen molar-refractivity contribution in [2.45, 2.75) is 6.92 Å². The van der Waals surface area contributed by atoms with E-state index in [1.165, 1.54) is 24.3 Å². The summed E-state index contributed by atoms with van der Waals surface area (Å²) < 4.78 is 10.6. The van der Waals surface area contributed by atoms with E-state index in [2.05, 4.69) is 4.99 Å². The topological polar surface area (TPSA) is 108 Å². The second kappa shape index (κ2) is 8.65. The van der Waals surface area contributed by atoms with Crippen molar-refractivity contribution < 1.29 is 24.0 Å². The molecule has 1 aliphatic rings. The minimum absolute atomic E-state index is 0.0507. The van der Waals surface area contributed by atoms with Crippen LogP contribution in [0.5, 0.6) is 5.75 Å². The molecule has 1 heterocycles. The molecule has 0 atom stereocenters. The molecule has 0 aromatic heterocycles. The smallest absolute Gasteiger partial charge is 0.363 e. The van der Waals surface area contributed by atoms with Gasteiger partial charge in [-0.05, 0) is 48.9 Å². The summed E-state index contributed by atoms with van der Waals surface area (Å²) >= 11 is 0. The number of rotatable bonds is 5.